The summed E-state index contributed by atoms with van der Waals surface area (Å²) < 4.78 is 11.2. The standard InChI is InChI=1S/C17H20BN3O3/c1-11-9-19-17(21-16(11)24-14-4-2-3-5-14)20-13-6-7-15-12(8-13)10-23-18(15)22/h6-9,14,22H,2-5,10H2,1H3,(H,19,20,21). The monoisotopic (exact) mass is 325 g/mol. The van der Waals surface area contributed by atoms with Gasteiger partial charge < -0.3 is 19.7 Å². The normalized spacial score (nSPS) is 17.2. The van der Waals surface area contributed by atoms with Crippen LogP contribution in [0.5, 0.6) is 5.88 Å². The molecule has 4 rings (SSSR count). The Kier molecular flexibility index (Phi) is 4.12. The third-order valence-electron chi connectivity index (χ3n) is 4.57. The van der Waals surface area contributed by atoms with Gasteiger partial charge in [-0.1, -0.05) is 6.07 Å². The summed E-state index contributed by atoms with van der Waals surface area (Å²) in [6.07, 6.45) is 6.69. The van der Waals surface area contributed by atoms with E-state index in [4.69, 9.17) is 9.39 Å². The van der Waals surface area contributed by atoms with Crippen LogP contribution in [0.15, 0.2) is 24.4 Å². The summed E-state index contributed by atoms with van der Waals surface area (Å²) in [5.41, 5.74) is 3.60. The summed E-state index contributed by atoms with van der Waals surface area (Å²) in [4.78, 5) is 8.85. The quantitative estimate of drug-likeness (QED) is 0.838. The number of aromatic nitrogens is 2. The van der Waals surface area contributed by atoms with Crippen molar-refractivity contribution in [3.63, 3.8) is 0 Å². The lowest BCUT2D eigenvalue weighted by Crippen LogP contribution is -2.27. The van der Waals surface area contributed by atoms with Gasteiger partial charge in [0.05, 0.1) is 6.61 Å². The molecule has 0 spiro atoms. The zero-order valence-electron chi connectivity index (χ0n) is 13.7. The zero-order valence-corrected chi connectivity index (χ0v) is 13.7. The number of benzene rings is 1. The van der Waals surface area contributed by atoms with Crippen molar-refractivity contribution in [1.29, 1.82) is 0 Å². The molecule has 1 aromatic carbocycles. The van der Waals surface area contributed by atoms with Crippen LogP contribution in [0.1, 0.15) is 36.8 Å². The molecule has 24 heavy (non-hydrogen) atoms. The van der Waals surface area contributed by atoms with E-state index < -0.39 is 7.12 Å². The highest BCUT2D eigenvalue weighted by molar-refractivity contribution is 6.61. The van der Waals surface area contributed by atoms with E-state index in [2.05, 4.69) is 15.3 Å². The van der Waals surface area contributed by atoms with Gasteiger partial charge in [-0.25, -0.2) is 4.98 Å². The zero-order chi connectivity index (χ0) is 16.5. The minimum absolute atomic E-state index is 0.269. The molecule has 1 fully saturated rings. The Balaban J connectivity index is 1.52. The third kappa shape index (κ3) is 3.09. The van der Waals surface area contributed by atoms with Crippen molar-refractivity contribution >= 4 is 24.2 Å². The van der Waals surface area contributed by atoms with Gasteiger partial charge in [0.2, 0.25) is 11.8 Å². The van der Waals surface area contributed by atoms with Crippen LogP contribution in [0.25, 0.3) is 0 Å². The fraction of sp³-hybridized carbons (Fsp3) is 0.412. The van der Waals surface area contributed by atoms with Gasteiger partial charge in [-0.2, -0.15) is 4.98 Å². The number of aryl methyl sites for hydroxylation is 1. The molecule has 0 unspecified atom stereocenters. The predicted molar refractivity (Wildman–Crippen MR) is 91.8 cm³/mol. The second kappa shape index (κ2) is 6.41. The minimum atomic E-state index is -0.823. The van der Waals surface area contributed by atoms with E-state index in [1.54, 1.807) is 6.20 Å². The van der Waals surface area contributed by atoms with Gasteiger partial charge in [0, 0.05) is 17.4 Å². The summed E-state index contributed by atoms with van der Waals surface area (Å²) in [6, 6.07) is 5.70. The van der Waals surface area contributed by atoms with Crippen molar-refractivity contribution in [2.24, 2.45) is 0 Å². The van der Waals surface area contributed by atoms with Crippen LogP contribution in [0.2, 0.25) is 0 Å². The molecular weight excluding hydrogens is 305 g/mol. The highest BCUT2D eigenvalue weighted by Gasteiger charge is 2.27. The van der Waals surface area contributed by atoms with Crippen LogP contribution < -0.4 is 15.5 Å². The average molecular weight is 325 g/mol. The average Bonchev–Trinajstić information content (AvgIpc) is 3.21. The van der Waals surface area contributed by atoms with Crippen molar-refractivity contribution in [2.75, 3.05) is 5.32 Å². The highest BCUT2D eigenvalue weighted by atomic mass is 16.5. The maximum Gasteiger partial charge on any atom is 0.491 e. The molecule has 2 aliphatic rings. The summed E-state index contributed by atoms with van der Waals surface area (Å²) in [7, 11) is -0.823. The highest BCUT2D eigenvalue weighted by Crippen LogP contribution is 2.26. The molecule has 0 atom stereocenters. The van der Waals surface area contributed by atoms with Crippen LogP contribution in [0.3, 0.4) is 0 Å². The van der Waals surface area contributed by atoms with Gasteiger partial charge in [-0.3, -0.25) is 0 Å². The molecule has 0 saturated heterocycles. The molecule has 1 aliphatic heterocycles. The first-order chi connectivity index (χ1) is 11.7. The fourth-order valence-electron chi connectivity index (χ4n) is 3.21. The molecule has 2 N–H and O–H groups in total. The van der Waals surface area contributed by atoms with E-state index in [-0.39, 0.29) is 6.10 Å². The molecule has 6 nitrogen and oxygen atoms in total. The number of anilines is 2. The van der Waals surface area contributed by atoms with Gasteiger partial charge in [0.25, 0.3) is 0 Å². The topological polar surface area (TPSA) is 76.5 Å². The first-order valence-electron chi connectivity index (χ1n) is 8.39. The Morgan fingerprint density at radius 3 is 3.00 bits per heavy atom. The predicted octanol–water partition coefficient (Wildman–Crippen LogP) is 2.07. The van der Waals surface area contributed by atoms with Crippen LogP contribution in [0.4, 0.5) is 11.6 Å². The number of ether oxygens (including phenoxy) is 1. The van der Waals surface area contributed by atoms with E-state index in [0.29, 0.717) is 18.4 Å². The van der Waals surface area contributed by atoms with Gasteiger partial charge in [-0.15, -0.1) is 0 Å². The number of fused-ring (bicyclic) bond motifs is 1. The molecule has 1 aromatic heterocycles. The van der Waals surface area contributed by atoms with Gasteiger partial charge in [0.1, 0.15) is 6.10 Å². The number of nitrogens with zero attached hydrogens (tertiary/aromatic N) is 2. The number of nitrogens with one attached hydrogen (secondary N) is 1. The van der Waals surface area contributed by atoms with Crippen molar-refractivity contribution in [3.8, 4) is 5.88 Å². The Bertz CT molecular complexity index is 750. The van der Waals surface area contributed by atoms with Gasteiger partial charge in [0.15, 0.2) is 0 Å². The summed E-state index contributed by atoms with van der Waals surface area (Å²) in [6.45, 7) is 2.37. The van der Waals surface area contributed by atoms with Gasteiger partial charge >= 0.3 is 7.12 Å². The molecule has 7 heteroatoms. The third-order valence-corrected chi connectivity index (χ3v) is 4.57. The maximum atomic E-state index is 9.68. The van der Waals surface area contributed by atoms with E-state index in [9.17, 15) is 5.02 Å². The van der Waals surface area contributed by atoms with Crippen LogP contribution in [-0.2, 0) is 11.3 Å². The van der Waals surface area contributed by atoms with Crippen molar-refractivity contribution in [2.45, 2.75) is 45.3 Å². The second-order valence-electron chi connectivity index (χ2n) is 6.41. The summed E-state index contributed by atoms with van der Waals surface area (Å²) in [5, 5.41) is 12.9. The van der Waals surface area contributed by atoms with E-state index >= 15 is 0 Å². The van der Waals surface area contributed by atoms with E-state index in [1.165, 1.54) is 12.8 Å². The van der Waals surface area contributed by atoms with Crippen molar-refractivity contribution in [1.82, 2.24) is 9.97 Å². The first-order valence-corrected chi connectivity index (χ1v) is 8.39. The van der Waals surface area contributed by atoms with Crippen molar-refractivity contribution < 1.29 is 14.4 Å². The van der Waals surface area contributed by atoms with E-state index in [1.807, 2.05) is 25.1 Å². The van der Waals surface area contributed by atoms with Gasteiger partial charge in [-0.05, 0) is 55.8 Å². The SMILES string of the molecule is Cc1cnc(Nc2ccc3c(c2)COB3O)nc1OC1CCCC1. The molecule has 2 aromatic rings. The Hall–Kier alpha value is -2.12. The van der Waals surface area contributed by atoms with E-state index in [0.717, 1.165) is 35.1 Å². The van der Waals surface area contributed by atoms with Crippen LogP contribution >= 0.6 is 0 Å². The number of hydrogen-bond acceptors (Lipinski definition) is 6. The number of rotatable bonds is 4. The molecule has 1 saturated carbocycles. The summed E-state index contributed by atoms with van der Waals surface area (Å²) in [5.74, 6) is 1.16. The van der Waals surface area contributed by atoms with Crippen molar-refractivity contribution in [3.05, 3.63) is 35.5 Å². The lowest BCUT2D eigenvalue weighted by Gasteiger charge is -2.15. The first kappa shape index (κ1) is 15.4. The largest absolute Gasteiger partial charge is 0.491 e. The Morgan fingerprint density at radius 1 is 1.33 bits per heavy atom. The Labute approximate surface area is 141 Å². The summed E-state index contributed by atoms with van der Waals surface area (Å²) >= 11 is 0. The smallest absolute Gasteiger partial charge is 0.474 e. The second-order valence-corrected chi connectivity index (χ2v) is 6.41. The molecule has 124 valence electrons. The number of hydrogen-bond donors (Lipinski definition) is 2. The molecule has 0 bridgehead atoms. The Morgan fingerprint density at radius 2 is 2.17 bits per heavy atom. The molecular formula is C17H20BN3O3. The molecule has 0 amide bonds. The lowest BCUT2D eigenvalue weighted by atomic mass is 9.79. The molecule has 2 heterocycles. The lowest BCUT2D eigenvalue weighted by molar-refractivity contribution is 0.200. The minimum Gasteiger partial charge on any atom is -0.474 e. The van der Waals surface area contributed by atoms with Crippen LogP contribution in [-0.4, -0.2) is 28.2 Å². The fourth-order valence-corrected chi connectivity index (χ4v) is 3.21. The van der Waals surface area contributed by atoms with Crippen LogP contribution in [0, 0.1) is 6.92 Å². The molecule has 1 aliphatic carbocycles. The maximum absolute atomic E-state index is 9.68. The molecule has 0 radical (unpaired) electrons.